The normalized spacial score (nSPS) is 10.8. The van der Waals surface area contributed by atoms with Crippen LogP contribution >= 0.6 is 0 Å². The van der Waals surface area contributed by atoms with E-state index in [0.29, 0.717) is 19.0 Å². The first-order valence-corrected chi connectivity index (χ1v) is 6.44. The molecule has 0 spiro atoms. The summed E-state index contributed by atoms with van der Waals surface area (Å²) in [5.74, 6) is 0.573. The summed E-state index contributed by atoms with van der Waals surface area (Å²) in [7, 11) is 0. The molecule has 3 aromatic rings. The molecule has 0 saturated heterocycles. The number of fused-ring (bicyclic) bond motifs is 1. The summed E-state index contributed by atoms with van der Waals surface area (Å²) in [6, 6.07) is 7.64. The van der Waals surface area contributed by atoms with Crippen LogP contribution in [0.5, 0.6) is 0 Å². The van der Waals surface area contributed by atoms with E-state index >= 15 is 0 Å². The van der Waals surface area contributed by atoms with Gasteiger partial charge in [-0.3, -0.25) is 4.57 Å². The summed E-state index contributed by atoms with van der Waals surface area (Å²) < 4.78 is 1.70. The Morgan fingerprint density at radius 2 is 2.00 bits per heavy atom. The number of imidazole rings is 1. The molecule has 6 nitrogen and oxygen atoms in total. The van der Waals surface area contributed by atoms with E-state index in [2.05, 4.69) is 20.3 Å². The van der Waals surface area contributed by atoms with E-state index in [9.17, 15) is 4.79 Å². The molecular weight excluding hydrogens is 254 g/mol. The SMILES string of the molecule is Cc1cnc(NCCn2c(=O)[nH]c3ccccc32)nc1. The smallest absolute Gasteiger partial charge is 0.326 e. The van der Waals surface area contributed by atoms with Gasteiger partial charge in [0.25, 0.3) is 0 Å². The third-order valence-electron chi connectivity index (χ3n) is 3.08. The highest BCUT2D eigenvalue weighted by Gasteiger charge is 2.05. The Morgan fingerprint density at radius 1 is 1.25 bits per heavy atom. The molecule has 1 aromatic carbocycles. The number of H-pyrrole nitrogens is 1. The van der Waals surface area contributed by atoms with Crippen molar-refractivity contribution in [1.82, 2.24) is 19.5 Å². The molecule has 102 valence electrons. The topological polar surface area (TPSA) is 75.6 Å². The fourth-order valence-corrected chi connectivity index (χ4v) is 2.09. The molecule has 0 radical (unpaired) electrons. The van der Waals surface area contributed by atoms with Crippen LogP contribution in [0.15, 0.2) is 41.5 Å². The van der Waals surface area contributed by atoms with Crippen LogP contribution in [0.4, 0.5) is 5.95 Å². The average molecular weight is 269 g/mol. The van der Waals surface area contributed by atoms with E-state index < -0.39 is 0 Å². The van der Waals surface area contributed by atoms with Gasteiger partial charge in [0.15, 0.2) is 0 Å². The monoisotopic (exact) mass is 269 g/mol. The zero-order valence-electron chi connectivity index (χ0n) is 11.1. The molecule has 0 bridgehead atoms. The standard InChI is InChI=1S/C14H15N5O/c1-10-8-16-13(17-9-10)15-6-7-19-12-5-3-2-4-11(12)18-14(19)20/h2-5,8-9H,6-7H2,1H3,(H,18,20)(H,15,16,17). The van der Waals surface area contributed by atoms with Crippen molar-refractivity contribution >= 4 is 17.0 Å². The van der Waals surface area contributed by atoms with Crippen LogP contribution in [0, 0.1) is 6.92 Å². The number of anilines is 1. The molecule has 3 rings (SSSR count). The maximum Gasteiger partial charge on any atom is 0.326 e. The minimum atomic E-state index is -0.0992. The Morgan fingerprint density at radius 3 is 2.80 bits per heavy atom. The highest BCUT2D eigenvalue weighted by molar-refractivity contribution is 5.74. The number of aromatic amines is 1. The predicted octanol–water partition coefficient (Wildman–Crippen LogP) is 1.54. The third kappa shape index (κ3) is 2.40. The van der Waals surface area contributed by atoms with E-state index in [1.54, 1.807) is 17.0 Å². The summed E-state index contributed by atoms with van der Waals surface area (Å²) in [6.07, 6.45) is 3.51. The second kappa shape index (κ2) is 5.16. The molecule has 0 aliphatic heterocycles. The van der Waals surface area contributed by atoms with Gasteiger partial charge in [-0.2, -0.15) is 0 Å². The molecule has 0 aliphatic rings. The lowest BCUT2D eigenvalue weighted by molar-refractivity contribution is 0.717. The average Bonchev–Trinajstić information content (AvgIpc) is 2.77. The first-order chi connectivity index (χ1) is 9.74. The molecule has 6 heteroatoms. The van der Waals surface area contributed by atoms with Crippen molar-refractivity contribution in [2.45, 2.75) is 13.5 Å². The molecule has 2 heterocycles. The summed E-state index contributed by atoms with van der Waals surface area (Å²) in [5.41, 5.74) is 2.68. The van der Waals surface area contributed by atoms with Crippen LogP contribution in [0.2, 0.25) is 0 Å². The molecule has 20 heavy (non-hydrogen) atoms. The molecule has 0 aliphatic carbocycles. The molecule has 2 N–H and O–H groups in total. The number of benzene rings is 1. The number of nitrogens with one attached hydrogen (secondary N) is 2. The molecule has 0 amide bonds. The van der Waals surface area contributed by atoms with Crippen LogP contribution in [-0.2, 0) is 6.54 Å². The van der Waals surface area contributed by atoms with Crippen molar-refractivity contribution in [3.05, 3.63) is 52.7 Å². The lowest BCUT2D eigenvalue weighted by Crippen LogP contribution is -2.21. The first-order valence-electron chi connectivity index (χ1n) is 6.44. The molecule has 0 atom stereocenters. The van der Waals surface area contributed by atoms with Crippen molar-refractivity contribution in [1.29, 1.82) is 0 Å². The number of nitrogens with zero attached hydrogens (tertiary/aromatic N) is 3. The number of hydrogen-bond donors (Lipinski definition) is 2. The maximum absolute atomic E-state index is 11.9. The van der Waals surface area contributed by atoms with Gasteiger partial charge in [0.05, 0.1) is 11.0 Å². The minimum absolute atomic E-state index is 0.0992. The Kier molecular flexibility index (Phi) is 3.20. The molecule has 0 saturated carbocycles. The van der Waals surface area contributed by atoms with Gasteiger partial charge in [-0.15, -0.1) is 0 Å². The largest absolute Gasteiger partial charge is 0.352 e. The van der Waals surface area contributed by atoms with Gasteiger partial charge in [-0.05, 0) is 24.6 Å². The maximum atomic E-state index is 11.9. The Hall–Kier alpha value is -2.63. The fourth-order valence-electron chi connectivity index (χ4n) is 2.09. The number of aryl methyl sites for hydroxylation is 1. The molecule has 0 fully saturated rings. The van der Waals surface area contributed by atoms with Crippen molar-refractivity contribution in [3.8, 4) is 0 Å². The van der Waals surface area contributed by atoms with E-state index in [0.717, 1.165) is 16.6 Å². The van der Waals surface area contributed by atoms with Gasteiger partial charge in [-0.1, -0.05) is 12.1 Å². The third-order valence-corrected chi connectivity index (χ3v) is 3.08. The van der Waals surface area contributed by atoms with Crippen molar-refractivity contribution < 1.29 is 0 Å². The zero-order chi connectivity index (χ0) is 13.9. The highest BCUT2D eigenvalue weighted by Crippen LogP contribution is 2.08. The quantitative estimate of drug-likeness (QED) is 0.753. The van der Waals surface area contributed by atoms with Gasteiger partial charge < -0.3 is 10.3 Å². The number of aromatic nitrogens is 4. The van der Waals surface area contributed by atoms with Crippen molar-refractivity contribution in [2.24, 2.45) is 0 Å². The first kappa shape index (κ1) is 12.4. The Labute approximate surface area is 115 Å². The van der Waals surface area contributed by atoms with E-state index in [1.165, 1.54) is 0 Å². The van der Waals surface area contributed by atoms with Gasteiger partial charge in [0, 0.05) is 25.5 Å². The highest BCUT2D eigenvalue weighted by atomic mass is 16.1. The second-order valence-corrected chi connectivity index (χ2v) is 4.61. The van der Waals surface area contributed by atoms with E-state index in [1.807, 2.05) is 31.2 Å². The van der Waals surface area contributed by atoms with Gasteiger partial charge in [0.2, 0.25) is 5.95 Å². The van der Waals surface area contributed by atoms with Crippen LogP contribution in [0.3, 0.4) is 0 Å². The lowest BCUT2D eigenvalue weighted by atomic mass is 10.3. The fraction of sp³-hybridized carbons (Fsp3) is 0.214. The van der Waals surface area contributed by atoms with Crippen molar-refractivity contribution in [2.75, 3.05) is 11.9 Å². The van der Waals surface area contributed by atoms with Crippen LogP contribution < -0.4 is 11.0 Å². The van der Waals surface area contributed by atoms with Crippen LogP contribution in [-0.4, -0.2) is 26.1 Å². The summed E-state index contributed by atoms with van der Waals surface area (Å²) >= 11 is 0. The van der Waals surface area contributed by atoms with Gasteiger partial charge >= 0.3 is 5.69 Å². The molecule has 2 aromatic heterocycles. The predicted molar refractivity (Wildman–Crippen MR) is 77.8 cm³/mol. The lowest BCUT2D eigenvalue weighted by Gasteiger charge is -2.05. The molecular formula is C14H15N5O. The summed E-state index contributed by atoms with van der Waals surface area (Å²) in [4.78, 5) is 23.0. The van der Waals surface area contributed by atoms with E-state index in [4.69, 9.17) is 0 Å². The van der Waals surface area contributed by atoms with Gasteiger partial charge in [0.1, 0.15) is 0 Å². The summed E-state index contributed by atoms with van der Waals surface area (Å²) in [5, 5.41) is 3.11. The Bertz CT molecular complexity index is 772. The Balaban J connectivity index is 1.72. The number of para-hydroxylation sites is 2. The van der Waals surface area contributed by atoms with Crippen LogP contribution in [0.1, 0.15) is 5.56 Å². The number of rotatable bonds is 4. The van der Waals surface area contributed by atoms with Crippen molar-refractivity contribution in [3.63, 3.8) is 0 Å². The minimum Gasteiger partial charge on any atom is -0.352 e. The van der Waals surface area contributed by atoms with Crippen LogP contribution in [0.25, 0.3) is 11.0 Å². The van der Waals surface area contributed by atoms with E-state index in [-0.39, 0.29) is 5.69 Å². The summed E-state index contributed by atoms with van der Waals surface area (Å²) in [6.45, 7) is 3.08. The second-order valence-electron chi connectivity index (χ2n) is 4.61. The van der Waals surface area contributed by atoms with Gasteiger partial charge in [-0.25, -0.2) is 14.8 Å². The molecule has 0 unspecified atom stereocenters. The number of hydrogen-bond acceptors (Lipinski definition) is 4. The zero-order valence-corrected chi connectivity index (χ0v) is 11.1.